The summed E-state index contributed by atoms with van der Waals surface area (Å²) in [6.07, 6.45) is -4.60. The molecule has 1 fully saturated rings. The average Bonchev–Trinajstić information content (AvgIpc) is 2.11. The second kappa shape index (κ2) is 3.69. The van der Waals surface area contributed by atoms with Crippen molar-refractivity contribution in [3.63, 3.8) is 0 Å². The van der Waals surface area contributed by atoms with Gasteiger partial charge in [-0.1, -0.05) is 11.6 Å². The first-order valence-corrected chi connectivity index (χ1v) is 4.93. The largest absolute Gasteiger partial charge is 0.419 e. The van der Waals surface area contributed by atoms with Crippen molar-refractivity contribution in [2.24, 2.45) is 0 Å². The quantitative estimate of drug-likeness (QED) is 0.576. The summed E-state index contributed by atoms with van der Waals surface area (Å²) in [7, 11) is 0. The zero-order chi connectivity index (χ0) is 12.8. The van der Waals surface area contributed by atoms with Gasteiger partial charge in [0.15, 0.2) is 0 Å². The lowest BCUT2D eigenvalue weighted by molar-refractivity contribution is -0.137. The summed E-state index contributed by atoms with van der Waals surface area (Å²) >= 11 is 5.36. The van der Waals surface area contributed by atoms with Crippen LogP contribution < -0.4 is 4.90 Å². The van der Waals surface area contributed by atoms with Crippen molar-refractivity contribution in [3.05, 3.63) is 22.8 Å². The molecule has 0 unspecified atom stereocenters. The lowest BCUT2D eigenvalue weighted by Gasteiger charge is -2.39. The zero-order valence-electron chi connectivity index (χ0n) is 8.23. The van der Waals surface area contributed by atoms with Crippen LogP contribution in [0.15, 0.2) is 12.1 Å². The Labute approximate surface area is 98.0 Å². The first-order valence-electron chi connectivity index (χ1n) is 4.55. The Bertz CT molecular complexity index is 438. The number of hydrogen-bond donors (Lipinski definition) is 0. The van der Waals surface area contributed by atoms with Gasteiger partial charge in [0.05, 0.1) is 18.7 Å². The fourth-order valence-corrected chi connectivity index (χ4v) is 1.74. The van der Waals surface area contributed by atoms with Gasteiger partial charge in [0.2, 0.25) is 0 Å². The van der Waals surface area contributed by atoms with Crippen LogP contribution in [-0.4, -0.2) is 24.0 Å². The predicted octanol–water partition coefficient (Wildman–Crippen LogP) is 3.21. The highest BCUT2D eigenvalue weighted by Gasteiger charge is 2.45. The van der Waals surface area contributed by atoms with Gasteiger partial charge in [0.25, 0.3) is 5.92 Å². The van der Waals surface area contributed by atoms with Gasteiger partial charge in [-0.2, -0.15) is 13.2 Å². The molecule has 0 bridgehead atoms. The number of alkyl halides is 5. The lowest BCUT2D eigenvalue weighted by Crippen LogP contribution is -2.56. The summed E-state index contributed by atoms with van der Waals surface area (Å²) in [6, 6.07) is 1.77. The Balaban J connectivity index is 2.21. The molecule has 0 aliphatic carbocycles. The van der Waals surface area contributed by atoms with E-state index in [1.54, 1.807) is 0 Å². The Kier molecular flexibility index (Phi) is 2.68. The fraction of sp³-hybridized carbons (Fsp3) is 0.444. The molecule has 1 aromatic heterocycles. The van der Waals surface area contributed by atoms with Crippen molar-refractivity contribution in [1.29, 1.82) is 0 Å². The van der Waals surface area contributed by atoms with Crippen LogP contribution in [0.25, 0.3) is 0 Å². The minimum absolute atomic E-state index is 0.0222. The van der Waals surface area contributed by atoms with E-state index >= 15 is 0 Å². The first kappa shape index (κ1) is 12.3. The summed E-state index contributed by atoms with van der Waals surface area (Å²) in [5, 5.41) is -0.731. The monoisotopic (exact) mass is 272 g/mol. The topological polar surface area (TPSA) is 16.1 Å². The van der Waals surface area contributed by atoms with E-state index in [0.717, 1.165) is 17.0 Å². The molecule has 2 rings (SSSR count). The smallest absolute Gasteiger partial charge is 0.344 e. The van der Waals surface area contributed by atoms with Gasteiger partial charge in [-0.15, -0.1) is 0 Å². The van der Waals surface area contributed by atoms with E-state index in [4.69, 9.17) is 11.6 Å². The number of hydrogen-bond acceptors (Lipinski definition) is 2. The van der Waals surface area contributed by atoms with Gasteiger partial charge < -0.3 is 4.90 Å². The molecule has 94 valence electrons. The van der Waals surface area contributed by atoms with Crippen molar-refractivity contribution in [1.82, 2.24) is 4.98 Å². The lowest BCUT2D eigenvalue weighted by atomic mass is 10.1. The molecule has 1 saturated heterocycles. The molecule has 2 heterocycles. The molecule has 1 aromatic rings. The van der Waals surface area contributed by atoms with Crippen LogP contribution >= 0.6 is 11.6 Å². The van der Waals surface area contributed by atoms with E-state index < -0.39 is 35.9 Å². The van der Waals surface area contributed by atoms with E-state index in [2.05, 4.69) is 4.98 Å². The van der Waals surface area contributed by atoms with E-state index in [1.807, 2.05) is 0 Å². The second-order valence-electron chi connectivity index (χ2n) is 3.72. The highest BCUT2D eigenvalue weighted by atomic mass is 35.5. The Morgan fingerprint density at radius 2 is 1.82 bits per heavy atom. The summed E-state index contributed by atoms with van der Waals surface area (Å²) in [6.45, 7) is -1.11. The number of aromatic nitrogens is 1. The number of halogens is 6. The van der Waals surface area contributed by atoms with Crippen molar-refractivity contribution in [2.75, 3.05) is 18.0 Å². The molecule has 0 aromatic carbocycles. The maximum Gasteiger partial charge on any atom is 0.419 e. The second-order valence-corrected chi connectivity index (χ2v) is 4.08. The molecule has 1 aliphatic rings. The number of rotatable bonds is 1. The van der Waals surface area contributed by atoms with E-state index in [9.17, 15) is 22.0 Å². The van der Waals surface area contributed by atoms with E-state index in [-0.39, 0.29) is 5.82 Å². The summed E-state index contributed by atoms with van der Waals surface area (Å²) in [5.41, 5.74) is -1.07. The van der Waals surface area contributed by atoms with Crippen LogP contribution in [0.1, 0.15) is 5.56 Å². The van der Waals surface area contributed by atoms with E-state index in [1.165, 1.54) is 0 Å². The third kappa shape index (κ3) is 2.43. The summed E-state index contributed by atoms with van der Waals surface area (Å²) < 4.78 is 62.1. The maximum absolute atomic E-state index is 12.6. The van der Waals surface area contributed by atoms with Gasteiger partial charge in [-0.05, 0) is 12.1 Å². The molecule has 2 nitrogen and oxygen atoms in total. The minimum atomic E-state index is -4.60. The van der Waals surface area contributed by atoms with Crippen LogP contribution in [0, 0.1) is 0 Å². The van der Waals surface area contributed by atoms with Crippen molar-refractivity contribution < 1.29 is 22.0 Å². The van der Waals surface area contributed by atoms with E-state index in [0.29, 0.717) is 0 Å². The zero-order valence-corrected chi connectivity index (χ0v) is 8.99. The summed E-state index contributed by atoms with van der Waals surface area (Å²) in [5.74, 6) is -2.79. The molecular formula is C9H6ClF5N2. The molecule has 1 aliphatic heterocycles. The maximum atomic E-state index is 12.6. The molecule has 8 heteroatoms. The normalized spacial score (nSPS) is 19.1. The molecule has 0 atom stereocenters. The predicted molar refractivity (Wildman–Crippen MR) is 51.4 cm³/mol. The van der Waals surface area contributed by atoms with Crippen LogP contribution in [0.2, 0.25) is 5.15 Å². The molecular weight excluding hydrogens is 267 g/mol. The van der Waals surface area contributed by atoms with Gasteiger partial charge in [-0.3, -0.25) is 0 Å². The number of anilines is 1. The molecule has 17 heavy (non-hydrogen) atoms. The fourth-order valence-electron chi connectivity index (χ4n) is 1.49. The molecule has 0 spiro atoms. The van der Waals surface area contributed by atoms with Crippen LogP contribution in [0.5, 0.6) is 0 Å². The average molecular weight is 273 g/mol. The third-order valence-electron chi connectivity index (χ3n) is 2.31. The Hall–Kier alpha value is -1.11. The van der Waals surface area contributed by atoms with Crippen LogP contribution in [-0.2, 0) is 6.18 Å². The van der Waals surface area contributed by atoms with Crippen LogP contribution in [0.3, 0.4) is 0 Å². The SMILES string of the molecule is FC1(F)CN(c2ccc(C(F)(F)F)c(Cl)n2)C1. The van der Waals surface area contributed by atoms with Gasteiger partial charge >= 0.3 is 6.18 Å². The van der Waals surface area contributed by atoms with Gasteiger partial charge in [0, 0.05) is 0 Å². The Morgan fingerprint density at radius 1 is 1.24 bits per heavy atom. The summed E-state index contributed by atoms with van der Waals surface area (Å²) in [4.78, 5) is 4.62. The van der Waals surface area contributed by atoms with Gasteiger partial charge in [-0.25, -0.2) is 13.8 Å². The van der Waals surface area contributed by atoms with Crippen molar-refractivity contribution >= 4 is 17.4 Å². The molecule has 0 saturated carbocycles. The first-order chi connectivity index (χ1) is 7.69. The molecule has 0 radical (unpaired) electrons. The molecule has 0 amide bonds. The highest BCUT2D eigenvalue weighted by molar-refractivity contribution is 6.30. The number of nitrogens with zero attached hydrogens (tertiary/aromatic N) is 2. The highest BCUT2D eigenvalue weighted by Crippen LogP contribution is 2.36. The van der Waals surface area contributed by atoms with Gasteiger partial charge in [0.1, 0.15) is 11.0 Å². The third-order valence-corrected chi connectivity index (χ3v) is 2.60. The van der Waals surface area contributed by atoms with Crippen LogP contribution in [0.4, 0.5) is 27.8 Å². The number of pyridine rings is 1. The standard InChI is InChI=1S/C9H6ClF5N2/c10-7-5(9(13,14)15)1-2-6(16-7)17-3-8(11,12)4-17/h1-2H,3-4H2. The Morgan fingerprint density at radius 3 is 2.24 bits per heavy atom. The minimum Gasteiger partial charge on any atom is -0.344 e. The molecule has 0 N–H and O–H groups in total. The van der Waals surface area contributed by atoms with Crippen molar-refractivity contribution in [3.8, 4) is 0 Å². The van der Waals surface area contributed by atoms with Crippen molar-refractivity contribution in [2.45, 2.75) is 12.1 Å².